The first-order chi connectivity index (χ1) is 8.50. The number of benzene rings is 1. The predicted molar refractivity (Wildman–Crippen MR) is 75.3 cm³/mol. The maximum absolute atomic E-state index is 11.7. The van der Waals surface area contributed by atoms with Crippen molar-refractivity contribution in [1.29, 1.82) is 0 Å². The number of para-hydroxylation sites is 1. The van der Waals surface area contributed by atoms with Crippen molar-refractivity contribution >= 4 is 11.5 Å². The van der Waals surface area contributed by atoms with E-state index in [0.717, 1.165) is 24.3 Å². The van der Waals surface area contributed by atoms with Gasteiger partial charge in [0.15, 0.2) is 5.78 Å². The Balaban J connectivity index is 2.26. The summed E-state index contributed by atoms with van der Waals surface area (Å²) in [5.41, 5.74) is 1.92. The second-order valence-electron chi connectivity index (χ2n) is 5.49. The molecule has 1 fully saturated rings. The van der Waals surface area contributed by atoms with Gasteiger partial charge >= 0.3 is 0 Å². The van der Waals surface area contributed by atoms with Gasteiger partial charge in [-0.2, -0.15) is 0 Å². The highest BCUT2D eigenvalue weighted by molar-refractivity contribution is 5.99. The molecular weight excluding hydrogens is 224 g/mol. The van der Waals surface area contributed by atoms with Gasteiger partial charge in [0.25, 0.3) is 0 Å². The summed E-state index contributed by atoms with van der Waals surface area (Å²) in [5.74, 6) is 0.770. The first kappa shape index (κ1) is 13.1. The highest BCUT2D eigenvalue weighted by atomic mass is 16.1. The minimum absolute atomic E-state index is 0.145. The summed E-state index contributed by atoms with van der Waals surface area (Å²) in [6, 6.07) is 8.48. The number of anilines is 1. The summed E-state index contributed by atoms with van der Waals surface area (Å²) < 4.78 is 0. The molecule has 3 heteroatoms. The van der Waals surface area contributed by atoms with Crippen LogP contribution in [0.15, 0.2) is 24.3 Å². The predicted octanol–water partition coefficient (Wildman–Crippen LogP) is 2.28. The summed E-state index contributed by atoms with van der Waals surface area (Å²) >= 11 is 0. The number of Topliss-reactive ketones (excluding diaryl/α,β-unsaturated/α-hetero) is 1. The van der Waals surface area contributed by atoms with E-state index in [1.807, 2.05) is 18.2 Å². The number of likely N-dealkylation sites (N-methyl/N-ethyl adjacent to an activating group) is 1. The van der Waals surface area contributed by atoms with Crippen molar-refractivity contribution in [2.45, 2.75) is 19.9 Å². The molecule has 98 valence electrons. The number of carbonyl (C=O) groups excluding carboxylic acids is 1. The van der Waals surface area contributed by atoms with Crippen molar-refractivity contribution in [1.82, 2.24) is 4.90 Å². The van der Waals surface area contributed by atoms with E-state index in [4.69, 9.17) is 0 Å². The third kappa shape index (κ3) is 2.41. The highest BCUT2D eigenvalue weighted by Crippen LogP contribution is 2.28. The van der Waals surface area contributed by atoms with Gasteiger partial charge in [-0.3, -0.25) is 4.79 Å². The van der Waals surface area contributed by atoms with Gasteiger partial charge in [-0.1, -0.05) is 19.1 Å². The topological polar surface area (TPSA) is 23.6 Å². The molecule has 1 aromatic rings. The number of hydrogen-bond donors (Lipinski definition) is 0. The number of nitrogens with zero attached hydrogens (tertiary/aromatic N) is 2. The fourth-order valence-electron chi connectivity index (χ4n) is 2.87. The van der Waals surface area contributed by atoms with Gasteiger partial charge in [0.2, 0.25) is 0 Å². The van der Waals surface area contributed by atoms with Crippen LogP contribution in [-0.4, -0.2) is 43.9 Å². The largest absolute Gasteiger partial charge is 0.369 e. The molecule has 2 rings (SSSR count). The molecule has 3 nitrogen and oxygen atoms in total. The zero-order valence-electron chi connectivity index (χ0n) is 11.7. The Morgan fingerprint density at radius 2 is 1.94 bits per heavy atom. The summed E-state index contributed by atoms with van der Waals surface area (Å²) in [5, 5.41) is 0. The van der Waals surface area contributed by atoms with Crippen LogP contribution in [0.25, 0.3) is 0 Å². The molecule has 0 aliphatic carbocycles. The van der Waals surface area contributed by atoms with Crippen molar-refractivity contribution in [2.24, 2.45) is 5.92 Å². The van der Waals surface area contributed by atoms with Crippen molar-refractivity contribution in [2.75, 3.05) is 32.1 Å². The average molecular weight is 246 g/mol. The standard InChI is InChI=1S/C15H22N2O/c1-11-9-17(10-15(11)16(3)4)14-8-6-5-7-13(14)12(2)18/h5-8,11,15H,9-10H2,1-4H3. The zero-order chi connectivity index (χ0) is 13.3. The molecule has 18 heavy (non-hydrogen) atoms. The van der Waals surface area contributed by atoms with Crippen molar-refractivity contribution in [3.8, 4) is 0 Å². The van der Waals surface area contributed by atoms with Gasteiger partial charge < -0.3 is 9.80 Å². The van der Waals surface area contributed by atoms with Crippen LogP contribution < -0.4 is 4.90 Å². The molecule has 0 radical (unpaired) electrons. The van der Waals surface area contributed by atoms with Gasteiger partial charge in [-0.05, 0) is 39.1 Å². The fourth-order valence-corrected chi connectivity index (χ4v) is 2.87. The normalized spacial score (nSPS) is 23.7. The van der Waals surface area contributed by atoms with Crippen LogP contribution in [0.2, 0.25) is 0 Å². The highest BCUT2D eigenvalue weighted by Gasteiger charge is 2.32. The molecule has 1 aromatic carbocycles. The maximum Gasteiger partial charge on any atom is 0.161 e. The molecule has 0 amide bonds. The van der Waals surface area contributed by atoms with Crippen LogP contribution in [0.3, 0.4) is 0 Å². The van der Waals surface area contributed by atoms with E-state index in [0.29, 0.717) is 12.0 Å². The van der Waals surface area contributed by atoms with Crippen LogP contribution >= 0.6 is 0 Å². The number of ketones is 1. The van der Waals surface area contributed by atoms with E-state index < -0.39 is 0 Å². The molecule has 2 atom stereocenters. The first-order valence-electron chi connectivity index (χ1n) is 6.52. The minimum atomic E-state index is 0.145. The molecule has 1 aliphatic heterocycles. The van der Waals surface area contributed by atoms with Crippen LogP contribution in [0.5, 0.6) is 0 Å². The zero-order valence-corrected chi connectivity index (χ0v) is 11.7. The quantitative estimate of drug-likeness (QED) is 0.764. The molecule has 2 unspecified atom stereocenters. The third-order valence-electron chi connectivity index (χ3n) is 3.86. The van der Waals surface area contributed by atoms with E-state index >= 15 is 0 Å². The molecule has 1 aliphatic rings. The Kier molecular flexibility index (Phi) is 3.71. The Morgan fingerprint density at radius 1 is 1.28 bits per heavy atom. The first-order valence-corrected chi connectivity index (χ1v) is 6.52. The molecule has 1 saturated heterocycles. The van der Waals surface area contributed by atoms with Crippen LogP contribution in [-0.2, 0) is 0 Å². The summed E-state index contributed by atoms with van der Waals surface area (Å²) in [6.07, 6.45) is 0. The monoisotopic (exact) mass is 246 g/mol. The van der Waals surface area contributed by atoms with E-state index in [2.05, 4.69) is 36.9 Å². The number of carbonyl (C=O) groups is 1. The van der Waals surface area contributed by atoms with Crippen LogP contribution in [0.1, 0.15) is 24.2 Å². The van der Waals surface area contributed by atoms with Gasteiger partial charge in [-0.15, -0.1) is 0 Å². The number of rotatable bonds is 3. The Hall–Kier alpha value is -1.35. The summed E-state index contributed by atoms with van der Waals surface area (Å²) in [4.78, 5) is 16.3. The van der Waals surface area contributed by atoms with Crippen LogP contribution in [0, 0.1) is 5.92 Å². The fraction of sp³-hybridized carbons (Fsp3) is 0.533. The lowest BCUT2D eigenvalue weighted by Gasteiger charge is -2.23. The summed E-state index contributed by atoms with van der Waals surface area (Å²) in [6.45, 7) is 5.94. The second kappa shape index (κ2) is 5.11. The third-order valence-corrected chi connectivity index (χ3v) is 3.86. The van der Waals surface area contributed by atoms with Gasteiger partial charge in [-0.25, -0.2) is 0 Å². The van der Waals surface area contributed by atoms with E-state index in [1.165, 1.54) is 0 Å². The lowest BCUT2D eigenvalue weighted by molar-refractivity contribution is 0.101. The van der Waals surface area contributed by atoms with Gasteiger partial charge in [0.05, 0.1) is 0 Å². The van der Waals surface area contributed by atoms with Crippen LogP contribution in [0.4, 0.5) is 5.69 Å². The molecule has 0 spiro atoms. The second-order valence-corrected chi connectivity index (χ2v) is 5.49. The SMILES string of the molecule is CC(=O)c1ccccc1N1CC(C)C(N(C)C)C1. The van der Waals surface area contributed by atoms with E-state index in [-0.39, 0.29) is 5.78 Å². The van der Waals surface area contributed by atoms with Gasteiger partial charge in [0, 0.05) is 30.4 Å². The average Bonchev–Trinajstić information content (AvgIpc) is 2.71. The molecule has 0 N–H and O–H groups in total. The molecule has 1 heterocycles. The Morgan fingerprint density at radius 3 is 2.50 bits per heavy atom. The Labute approximate surface area is 109 Å². The van der Waals surface area contributed by atoms with E-state index in [1.54, 1.807) is 6.92 Å². The van der Waals surface area contributed by atoms with Crippen molar-refractivity contribution < 1.29 is 4.79 Å². The van der Waals surface area contributed by atoms with Gasteiger partial charge in [0.1, 0.15) is 0 Å². The lowest BCUT2D eigenvalue weighted by Crippen LogP contribution is -2.34. The molecular formula is C15H22N2O. The Bertz CT molecular complexity index is 442. The smallest absolute Gasteiger partial charge is 0.161 e. The molecule has 0 saturated carbocycles. The summed E-state index contributed by atoms with van der Waals surface area (Å²) in [7, 11) is 4.25. The van der Waals surface area contributed by atoms with E-state index in [9.17, 15) is 4.79 Å². The molecule has 0 bridgehead atoms. The maximum atomic E-state index is 11.7. The van der Waals surface area contributed by atoms with Crippen molar-refractivity contribution in [3.63, 3.8) is 0 Å². The number of hydrogen-bond acceptors (Lipinski definition) is 3. The lowest BCUT2D eigenvalue weighted by atomic mass is 10.1. The molecule has 0 aromatic heterocycles. The minimum Gasteiger partial charge on any atom is -0.369 e. The van der Waals surface area contributed by atoms with Crippen molar-refractivity contribution in [3.05, 3.63) is 29.8 Å².